The summed E-state index contributed by atoms with van der Waals surface area (Å²) in [7, 11) is -3.45. The minimum Gasteiger partial charge on any atom is -0.0755 e. The van der Waals surface area contributed by atoms with Crippen molar-refractivity contribution >= 4 is 41.9 Å². The standard InChI is InChI=1S/C17H28Si4/c1-18(2)20(5)21(19(3)4,16-12-8-6-9-13-16)17-14-10-7-11-15-17/h6-15,18-20H,1-5H3. The summed E-state index contributed by atoms with van der Waals surface area (Å²) in [6, 6.07) is 23.2. The molecule has 0 aliphatic carbocycles. The molecular weight excluding hydrogens is 317 g/mol. The van der Waals surface area contributed by atoms with Crippen LogP contribution in [0, 0.1) is 0 Å². The maximum Gasteiger partial charge on any atom is 0.0942 e. The van der Waals surface area contributed by atoms with Gasteiger partial charge in [-0.2, -0.15) is 0 Å². The van der Waals surface area contributed by atoms with Gasteiger partial charge in [-0.1, -0.05) is 104 Å². The molecule has 0 spiro atoms. The van der Waals surface area contributed by atoms with Crippen LogP contribution in [0.25, 0.3) is 0 Å². The van der Waals surface area contributed by atoms with Crippen LogP contribution in [0.5, 0.6) is 0 Å². The average molecular weight is 345 g/mol. The summed E-state index contributed by atoms with van der Waals surface area (Å²) in [5.74, 6) is 0. The molecule has 0 nitrogen and oxygen atoms in total. The lowest BCUT2D eigenvalue weighted by atomic mass is 10.4. The minimum atomic E-state index is -1.45. The Bertz CT molecular complexity index is 512. The third-order valence-corrected chi connectivity index (χ3v) is 57.7. The summed E-state index contributed by atoms with van der Waals surface area (Å²) in [6.07, 6.45) is 0. The van der Waals surface area contributed by atoms with E-state index in [1.165, 1.54) is 0 Å². The predicted molar refractivity (Wildman–Crippen MR) is 109 cm³/mol. The van der Waals surface area contributed by atoms with E-state index in [2.05, 4.69) is 93.4 Å². The van der Waals surface area contributed by atoms with Gasteiger partial charge in [0.2, 0.25) is 0 Å². The molecule has 0 heterocycles. The lowest BCUT2D eigenvalue weighted by Crippen LogP contribution is -2.78. The molecule has 0 saturated heterocycles. The summed E-state index contributed by atoms with van der Waals surface area (Å²) < 4.78 is 0. The molecule has 0 saturated carbocycles. The maximum absolute atomic E-state index is 2.70. The van der Waals surface area contributed by atoms with Crippen molar-refractivity contribution in [3.05, 3.63) is 60.7 Å². The molecule has 0 bridgehead atoms. The summed E-state index contributed by atoms with van der Waals surface area (Å²) in [5, 5.41) is 3.47. The van der Waals surface area contributed by atoms with Gasteiger partial charge in [0.05, 0.1) is 7.11 Å². The molecule has 0 amide bonds. The van der Waals surface area contributed by atoms with Gasteiger partial charge in [0, 0.05) is 24.5 Å². The van der Waals surface area contributed by atoms with Gasteiger partial charge in [-0.25, -0.2) is 0 Å². The fourth-order valence-corrected chi connectivity index (χ4v) is 69.1. The maximum atomic E-state index is 2.70. The first-order valence-corrected chi connectivity index (χ1v) is 22.2. The Balaban J connectivity index is 2.73. The van der Waals surface area contributed by atoms with Crippen LogP contribution in [0.1, 0.15) is 0 Å². The van der Waals surface area contributed by atoms with E-state index in [1.807, 2.05) is 0 Å². The van der Waals surface area contributed by atoms with Crippen LogP contribution in [-0.2, 0) is 0 Å². The summed E-state index contributed by atoms with van der Waals surface area (Å²) in [4.78, 5) is 0. The first-order valence-electron chi connectivity index (χ1n) is 8.12. The lowest BCUT2D eigenvalue weighted by Gasteiger charge is -2.42. The molecule has 0 N–H and O–H groups in total. The van der Waals surface area contributed by atoms with Crippen LogP contribution in [0.15, 0.2) is 60.7 Å². The zero-order valence-electron chi connectivity index (χ0n) is 14.0. The highest BCUT2D eigenvalue weighted by Gasteiger charge is 2.47. The van der Waals surface area contributed by atoms with Crippen LogP contribution in [0.4, 0.5) is 0 Å². The molecule has 1 atom stereocenters. The second-order valence-electron chi connectivity index (χ2n) is 6.79. The number of benzene rings is 2. The zero-order valence-corrected chi connectivity index (χ0v) is 18.5. The second kappa shape index (κ2) is 7.05. The molecule has 0 aliphatic heterocycles. The van der Waals surface area contributed by atoms with Crippen LogP contribution < -0.4 is 10.4 Å². The first kappa shape index (κ1) is 16.7. The third kappa shape index (κ3) is 3.08. The Morgan fingerprint density at radius 3 is 1.29 bits per heavy atom. The van der Waals surface area contributed by atoms with E-state index in [0.29, 0.717) is 0 Å². The number of hydrogen-bond donors (Lipinski definition) is 0. The minimum absolute atomic E-state index is 0.550. The van der Waals surface area contributed by atoms with E-state index in [4.69, 9.17) is 0 Å². The monoisotopic (exact) mass is 344 g/mol. The van der Waals surface area contributed by atoms with Gasteiger partial charge < -0.3 is 0 Å². The van der Waals surface area contributed by atoms with Gasteiger partial charge in [-0.15, -0.1) is 0 Å². The Morgan fingerprint density at radius 2 is 1.00 bits per heavy atom. The molecule has 0 aromatic heterocycles. The van der Waals surface area contributed by atoms with E-state index >= 15 is 0 Å². The zero-order chi connectivity index (χ0) is 15.5. The third-order valence-electron chi connectivity index (χ3n) is 5.13. The SMILES string of the molecule is C[SiH](C)[SiH](C)[Si](c1ccccc1)(c1ccccc1)[SiH](C)C. The Kier molecular flexibility index (Phi) is 5.59. The second-order valence-corrected chi connectivity index (χ2v) is 38.7. The molecule has 4 heteroatoms. The first-order chi connectivity index (χ1) is 10.0. The summed E-state index contributed by atoms with van der Waals surface area (Å²) >= 11 is 0. The predicted octanol–water partition coefficient (Wildman–Crippen LogP) is 2.32. The summed E-state index contributed by atoms with van der Waals surface area (Å²) in [6.45, 7) is 13.1. The molecule has 112 valence electrons. The van der Waals surface area contributed by atoms with E-state index < -0.39 is 31.6 Å². The van der Waals surface area contributed by atoms with Crippen molar-refractivity contribution < 1.29 is 0 Å². The Labute approximate surface area is 135 Å². The van der Waals surface area contributed by atoms with E-state index in [-0.39, 0.29) is 0 Å². The fraction of sp³-hybridized carbons (Fsp3) is 0.294. The van der Waals surface area contributed by atoms with Gasteiger partial charge >= 0.3 is 0 Å². The molecule has 2 aromatic rings. The number of rotatable bonds is 5. The van der Waals surface area contributed by atoms with Gasteiger partial charge in [-0.3, -0.25) is 0 Å². The highest BCUT2D eigenvalue weighted by molar-refractivity contribution is 7.78. The Morgan fingerprint density at radius 1 is 0.619 bits per heavy atom. The van der Waals surface area contributed by atoms with Crippen molar-refractivity contribution in [2.75, 3.05) is 0 Å². The van der Waals surface area contributed by atoms with Crippen molar-refractivity contribution in [1.82, 2.24) is 0 Å². The molecule has 2 rings (SSSR count). The Hall–Kier alpha value is -0.692. The molecule has 2 aromatic carbocycles. The van der Waals surface area contributed by atoms with Gasteiger partial charge in [0.25, 0.3) is 0 Å². The summed E-state index contributed by atoms with van der Waals surface area (Å²) in [5.41, 5.74) is 0. The van der Waals surface area contributed by atoms with Crippen molar-refractivity contribution in [3.63, 3.8) is 0 Å². The van der Waals surface area contributed by atoms with E-state index in [1.54, 1.807) is 10.4 Å². The highest BCUT2D eigenvalue weighted by Crippen LogP contribution is 2.16. The van der Waals surface area contributed by atoms with E-state index in [0.717, 1.165) is 0 Å². The van der Waals surface area contributed by atoms with Gasteiger partial charge in [0.1, 0.15) is 0 Å². The molecule has 0 aliphatic rings. The molecule has 0 radical (unpaired) electrons. The van der Waals surface area contributed by atoms with Crippen LogP contribution in [0.3, 0.4) is 0 Å². The highest BCUT2D eigenvalue weighted by atomic mass is 29.8. The van der Waals surface area contributed by atoms with Crippen molar-refractivity contribution in [2.45, 2.75) is 32.7 Å². The topological polar surface area (TPSA) is 0 Å². The molecule has 21 heavy (non-hydrogen) atoms. The van der Waals surface area contributed by atoms with Crippen molar-refractivity contribution in [2.24, 2.45) is 0 Å². The van der Waals surface area contributed by atoms with Gasteiger partial charge in [0.15, 0.2) is 0 Å². The van der Waals surface area contributed by atoms with Crippen LogP contribution in [0.2, 0.25) is 32.7 Å². The van der Waals surface area contributed by atoms with Gasteiger partial charge in [-0.05, 0) is 0 Å². The normalized spacial score (nSPS) is 13.7. The number of hydrogen-bond acceptors (Lipinski definition) is 0. The van der Waals surface area contributed by atoms with Crippen molar-refractivity contribution in [1.29, 1.82) is 0 Å². The van der Waals surface area contributed by atoms with E-state index in [9.17, 15) is 0 Å². The largest absolute Gasteiger partial charge is 0.0942 e. The molecule has 0 fully saturated rings. The quantitative estimate of drug-likeness (QED) is 0.730. The van der Waals surface area contributed by atoms with Crippen molar-refractivity contribution in [3.8, 4) is 0 Å². The van der Waals surface area contributed by atoms with Crippen LogP contribution >= 0.6 is 0 Å². The lowest BCUT2D eigenvalue weighted by molar-refractivity contribution is 1.73. The fourth-order valence-electron chi connectivity index (χ4n) is 3.84. The van der Waals surface area contributed by atoms with Crippen LogP contribution in [-0.4, -0.2) is 31.6 Å². The smallest absolute Gasteiger partial charge is 0.0755 e. The average Bonchev–Trinajstić information content (AvgIpc) is 2.49. The molecule has 1 unspecified atom stereocenters. The molecular formula is C17H28Si4.